The largest absolute Gasteiger partial charge is 0.276 e. The molecule has 0 bridgehead atoms. The third-order valence-electron chi connectivity index (χ3n) is 4.15. The maximum Gasteiger partial charge on any atom is 0.276 e. The molecule has 0 unspecified atom stereocenters. The van der Waals surface area contributed by atoms with Crippen molar-refractivity contribution in [2.24, 2.45) is 0 Å². The second-order valence-corrected chi connectivity index (χ2v) is 6.58. The van der Waals surface area contributed by atoms with Crippen molar-refractivity contribution in [2.75, 3.05) is 0 Å². The molecule has 0 aliphatic carbocycles. The number of aromatic nitrogens is 1. The van der Waals surface area contributed by atoms with E-state index in [4.69, 9.17) is 0 Å². The summed E-state index contributed by atoms with van der Waals surface area (Å²) in [6.45, 7) is 2.26. The minimum absolute atomic E-state index is 1.17. The molecule has 21 heavy (non-hydrogen) atoms. The van der Waals surface area contributed by atoms with Crippen LogP contribution in [0.3, 0.4) is 0 Å². The Labute approximate surface area is 128 Å². The van der Waals surface area contributed by atoms with Crippen molar-refractivity contribution < 1.29 is 4.40 Å². The molecule has 0 radical (unpaired) electrons. The summed E-state index contributed by atoms with van der Waals surface area (Å²) in [5.74, 6) is 0. The first kappa shape index (κ1) is 12.8. The molecule has 0 saturated heterocycles. The van der Waals surface area contributed by atoms with Crippen LogP contribution in [0.5, 0.6) is 0 Å². The minimum atomic E-state index is 1.17. The van der Waals surface area contributed by atoms with Crippen molar-refractivity contribution >= 4 is 37.2 Å². The molecule has 0 aliphatic rings. The number of fused-ring (bicyclic) bond motifs is 5. The zero-order valence-corrected chi connectivity index (χ0v) is 13.0. The number of unbranched alkanes of at least 4 members (excludes halogenated alkanes) is 1. The molecule has 0 saturated carbocycles. The molecule has 4 aromatic rings. The Hall–Kier alpha value is -1.93. The van der Waals surface area contributed by atoms with Gasteiger partial charge >= 0.3 is 0 Å². The van der Waals surface area contributed by atoms with Gasteiger partial charge in [0.15, 0.2) is 6.20 Å². The molecule has 0 fully saturated rings. The predicted octanol–water partition coefficient (Wildman–Crippen LogP) is 5.14. The highest BCUT2D eigenvalue weighted by Crippen LogP contribution is 2.30. The van der Waals surface area contributed by atoms with Crippen LogP contribution in [0, 0.1) is 0 Å². The first-order chi connectivity index (χ1) is 10.4. The second kappa shape index (κ2) is 5.12. The van der Waals surface area contributed by atoms with Gasteiger partial charge in [0.05, 0.1) is 5.39 Å². The maximum atomic E-state index is 2.35. The number of pyridine rings is 1. The average molecular weight is 292 g/mol. The highest BCUT2D eigenvalue weighted by Gasteiger charge is 2.17. The van der Waals surface area contributed by atoms with Crippen LogP contribution in [0.4, 0.5) is 0 Å². The first-order valence-electron chi connectivity index (χ1n) is 7.62. The van der Waals surface area contributed by atoms with E-state index >= 15 is 0 Å². The summed E-state index contributed by atoms with van der Waals surface area (Å²) < 4.78 is 3.70. The van der Waals surface area contributed by atoms with Gasteiger partial charge in [-0.15, -0.1) is 4.40 Å². The smallest absolute Gasteiger partial charge is 0.150 e. The zero-order valence-electron chi connectivity index (χ0n) is 12.2. The number of benzene rings is 2. The highest BCUT2D eigenvalue weighted by molar-refractivity contribution is 7.24. The van der Waals surface area contributed by atoms with Gasteiger partial charge in [-0.2, -0.15) is 0 Å². The van der Waals surface area contributed by atoms with E-state index in [1.54, 1.807) is 0 Å². The Balaban J connectivity index is 2.11. The van der Waals surface area contributed by atoms with Gasteiger partial charge < -0.3 is 0 Å². The summed E-state index contributed by atoms with van der Waals surface area (Å²) in [5.41, 5.74) is 2.80. The van der Waals surface area contributed by atoms with E-state index in [1.165, 1.54) is 50.6 Å². The normalized spacial score (nSPS) is 11.7. The molecular formula is C19H18NS+. The van der Waals surface area contributed by atoms with Gasteiger partial charge in [-0.1, -0.05) is 55.0 Å². The van der Waals surface area contributed by atoms with Crippen LogP contribution >= 0.6 is 11.3 Å². The standard InChI is InChI=1S/C19H18NS/c1-2-3-7-14-8-6-9-15-12-13-20-16-10-4-5-11-17(16)21-19(20)18(14)15/h4-6,8-13H,2-3,7H2,1H3/q+1. The fourth-order valence-corrected chi connectivity index (χ4v) is 4.31. The molecule has 2 aromatic carbocycles. The summed E-state index contributed by atoms with van der Waals surface area (Å²) >= 11 is 1.90. The SMILES string of the molecule is CCCCc1cccc2cc[n+]3c4ccccc4sc3c12. The van der Waals surface area contributed by atoms with Crippen LogP contribution in [0.15, 0.2) is 54.7 Å². The van der Waals surface area contributed by atoms with E-state index in [2.05, 4.69) is 66.1 Å². The Bertz CT molecular complexity index is 936. The number of hydrogen-bond donors (Lipinski definition) is 0. The van der Waals surface area contributed by atoms with Gasteiger partial charge in [-0.25, -0.2) is 0 Å². The molecule has 0 aliphatic heterocycles. The third kappa shape index (κ3) is 2.02. The van der Waals surface area contributed by atoms with Crippen LogP contribution in [0.1, 0.15) is 25.3 Å². The molecule has 104 valence electrons. The van der Waals surface area contributed by atoms with E-state index in [1.807, 2.05) is 11.3 Å². The Morgan fingerprint density at radius 1 is 1.00 bits per heavy atom. The van der Waals surface area contributed by atoms with Crippen molar-refractivity contribution in [3.05, 3.63) is 60.3 Å². The monoisotopic (exact) mass is 292 g/mol. The van der Waals surface area contributed by atoms with Crippen LogP contribution in [0.2, 0.25) is 0 Å². The topological polar surface area (TPSA) is 4.10 Å². The summed E-state index contributed by atoms with van der Waals surface area (Å²) in [7, 11) is 0. The number of rotatable bonds is 3. The predicted molar refractivity (Wildman–Crippen MR) is 91.1 cm³/mol. The third-order valence-corrected chi connectivity index (χ3v) is 5.31. The highest BCUT2D eigenvalue weighted by atomic mass is 32.1. The van der Waals surface area contributed by atoms with E-state index in [9.17, 15) is 0 Å². The Morgan fingerprint density at radius 2 is 1.90 bits per heavy atom. The summed E-state index contributed by atoms with van der Waals surface area (Å²) in [5, 5.41) is 2.80. The Morgan fingerprint density at radius 3 is 2.81 bits per heavy atom. The van der Waals surface area contributed by atoms with Crippen molar-refractivity contribution in [3.8, 4) is 0 Å². The van der Waals surface area contributed by atoms with Gasteiger partial charge in [0.1, 0.15) is 4.70 Å². The lowest BCUT2D eigenvalue weighted by molar-refractivity contribution is -0.476. The van der Waals surface area contributed by atoms with E-state index in [-0.39, 0.29) is 0 Å². The van der Waals surface area contributed by atoms with Crippen molar-refractivity contribution in [2.45, 2.75) is 26.2 Å². The van der Waals surface area contributed by atoms with Gasteiger partial charge in [0.25, 0.3) is 4.83 Å². The van der Waals surface area contributed by atoms with Crippen molar-refractivity contribution in [1.29, 1.82) is 0 Å². The maximum absolute atomic E-state index is 2.35. The number of para-hydroxylation sites is 1. The van der Waals surface area contributed by atoms with Crippen LogP contribution in [-0.2, 0) is 6.42 Å². The zero-order chi connectivity index (χ0) is 14.2. The lowest BCUT2D eigenvalue weighted by Gasteiger charge is -2.04. The van der Waals surface area contributed by atoms with E-state index in [0.717, 1.165) is 0 Å². The van der Waals surface area contributed by atoms with E-state index in [0.29, 0.717) is 0 Å². The van der Waals surface area contributed by atoms with Crippen LogP contribution in [0.25, 0.3) is 25.8 Å². The van der Waals surface area contributed by atoms with Gasteiger partial charge in [-0.05, 0) is 29.9 Å². The number of thiazole rings is 1. The molecule has 4 rings (SSSR count). The summed E-state index contributed by atoms with van der Waals surface area (Å²) in [4.78, 5) is 1.38. The van der Waals surface area contributed by atoms with Gasteiger partial charge in [0.2, 0.25) is 5.52 Å². The lowest BCUT2D eigenvalue weighted by atomic mass is 10.0. The molecule has 0 amide bonds. The molecule has 1 nitrogen and oxygen atoms in total. The molecule has 0 spiro atoms. The molecular weight excluding hydrogens is 274 g/mol. The average Bonchev–Trinajstić information content (AvgIpc) is 2.91. The quantitative estimate of drug-likeness (QED) is 0.461. The fourth-order valence-electron chi connectivity index (χ4n) is 3.07. The van der Waals surface area contributed by atoms with E-state index < -0.39 is 0 Å². The number of hydrogen-bond acceptors (Lipinski definition) is 1. The van der Waals surface area contributed by atoms with Gasteiger partial charge in [-0.3, -0.25) is 0 Å². The molecule has 0 N–H and O–H groups in total. The lowest BCUT2D eigenvalue weighted by Crippen LogP contribution is -2.18. The summed E-state index contributed by atoms with van der Waals surface area (Å²) in [6, 6.07) is 17.6. The summed E-state index contributed by atoms with van der Waals surface area (Å²) in [6.07, 6.45) is 5.87. The molecule has 2 aromatic heterocycles. The number of aryl methyl sites for hydroxylation is 1. The minimum Gasteiger partial charge on any atom is -0.150 e. The van der Waals surface area contributed by atoms with Crippen molar-refractivity contribution in [3.63, 3.8) is 0 Å². The molecule has 2 heterocycles. The fraction of sp³-hybridized carbons (Fsp3) is 0.211. The number of nitrogens with zero attached hydrogens (tertiary/aromatic N) is 1. The second-order valence-electron chi connectivity index (χ2n) is 5.55. The molecule has 0 atom stereocenters. The van der Waals surface area contributed by atoms with Crippen LogP contribution < -0.4 is 4.40 Å². The van der Waals surface area contributed by atoms with Gasteiger partial charge in [0, 0.05) is 12.1 Å². The molecule has 2 heteroatoms. The first-order valence-corrected chi connectivity index (χ1v) is 8.43. The van der Waals surface area contributed by atoms with Crippen molar-refractivity contribution in [1.82, 2.24) is 0 Å². The van der Waals surface area contributed by atoms with Crippen LogP contribution in [-0.4, -0.2) is 0 Å². The Kier molecular flexibility index (Phi) is 3.12.